The molecule has 0 spiro atoms. The number of aliphatic hydroxyl groups is 1. The molecule has 0 heterocycles. The summed E-state index contributed by atoms with van der Waals surface area (Å²) in [4.78, 5) is 0. The Balaban J connectivity index is 1.99. The first kappa shape index (κ1) is 15.9. The van der Waals surface area contributed by atoms with Gasteiger partial charge in [0.25, 0.3) is 0 Å². The highest BCUT2D eigenvalue weighted by Gasteiger charge is 2.35. The van der Waals surface area contributed by atoms with Gasteiger partial charge in [-0.3, -0.25) is 0 Å². The van der Waals surface area contributed by atoms with Gasteiger partial charge in [0.15, 0.2) is 0 Å². The lowest BCUT2D eigenvalue weighted by Gasteiger charge is -2.18. The highest BCUT2D eigenvalue weighted by molar-refractivity contribution is 4.92. The van der Waals surface area contributed by atoms with E-state index in [-0.39, 0.29) is 12.2 Å². The van der Waals surface area contributed by atoms with Crippen molar-refractivity contribution >= 4 is 0 Å². The molecule has 18 heavy (non-hydrogen) atoms. The fraction of sp³-hybridized carbons (Fsp3) is 1.00. The number of hydrogen-bond donors (Lipinski definition) is 2. The molecule has 0 aromatic carbocycles. The molecule has 4 atom stereocenters. The summed E-state index contributed by atoms with van der Waals surface area (Å²) in [6.45, 7) is 9.81. The van der Waals surface area contributed by atoms with Crippen LogP contribution >= 0.6 is 0 Å². The molecule has 1 saturated carbocycles. The smallest absolute Gasteiger partial charge is 0.0897 e. The maximum Gasteiger partial charge on any atom is 0.0897 e. The number of rotatable bonds is 10. The highest BCUT2D eigenvalue weighted by Crippen LogP contribution is 2.34. The van der Waals surface area contributed by atoms with Crippen LogP contribution in [0.3, 0.4) is 0 Å². The molecule has 1 rings (SSSR count). The summed E-state index contributed by atoms with van der Waals surface area (Å²) < 4.78 is 5.65. The van der Waals surface area contributed by atoms with Crippen molar-refractivity contribution in [2.45, 2.75) is 71.6 Å². The van der Waals surface area contributed by atoms with E-state index in [2.05, 4.69) is 33.0 Å². The van der Waals surface area contributed by atoms with Gasteiger partial charge in [0, 0.05) is 12.6 Å². The van der Waals surface area contributed by atoms with Crippen molar-refractivity contribution in [3.05, 3.63) is 0 Å². The SMILES string of the molecule is CCCC1CC1NCC(O)COC(C)CC(C)C. The van der Waals surface area contributed by atoms with Crippen molar-refractivity contribution in [1.82, 2.24) is 5.32 Å². The number of aliphatic hydroxyl groups excluding tert-OH is 1. The maximum absolute atomic E-state index is 9.84. The summed E-state index contributed by atoms with van der Waals surface area (Å²) in [5.74, 6) is 1.50. The molecule has 0 amide bonds. The van der Waals surface area contributed by atoms with Crippen LogP contribution in [0.4, 0.5) is 0 Å². The van der Waals surface area contributed by atoms with Gasteiger partial charge in [0.05, 0.1) is 18.8 Å². The van der Waals surface area contributed by atoms with E-state index < -0.39 is 0 Å². The molecule has 0 aromatic heterocycles. The number of nitrogens with one attached hydrogen (secondary N) is 1. The number of ether oxygens (including phenoxy) is 1. The molecule has 1 aliphatic rings. The molecular weight excluding hydrogens is 226 g/mol. The third-order valence-corrected chi connectivity index (χ3v) is 3.57. The van der Waals surface area contributed by atoms with E-state index >= 15 is 0 Å². The van der Waals surface area contributed by atoms with Gasteiger partial charge in [-0.05, 0) is 38.0 Å². The van der Waals surface area contributed by atoms with Crippen LogP contribution in [-0.2, 0) is 4.74 Å². The van der Waals surface area contributed by atoms with Gasteiger partial charge in [-0.25, -0.2) is 0 Å². The molecule has 0 aliphatic heterocycles. The van der Waals surface area contributed by atoms with Crippen molar-refractivity contribution in [2.75, 3.05) is 13.2 Å². The van der Waals surface area contributed by atoms with Crippen molar-refractivity contribution in [1.29, 1.82) is 0 Å². The van der Waals surface area contributed by atoms with Gasteiger partial charge >= 0.3 is 0 Å². The Kier molecular flexibility index (Phi) is 7.20. The summed E-state index contributed by atoms with van der Waals surface area (Å²) in [6.07, 6.45) is 4.79. The number of hydrogen-bond acceptors (Lipinski definition) is 3. The summed E-state index contributed by atoms with van der Waals surface area (Å²) >= 11 is 0. The van der Waals surface area contributed by atoms with Crippen molar-refractivity contribution in [3.8, 4) is 0 Å². The van der Waals surface area contributed by atoms with Crippen LogP contribution in [0, 0.1) is 11.8 Å². The van der Waals surface area contributed by atoms with E-state index in [0.717, 1.165) is 12.3 Å². The van der Waals surface area contributed by atoms with Crippen LogP contribution in [0.2, 0.25) is 0 Å². The second kappa shape index (κ2) is 8.13. The summed E-state index contributed by atoms with van der Waals surface area (Å²) in [5, 5.41) is 13.3. The minimum atomic E-state index is -0.373. The Morgan fingerprint density at radius 1 is 1.33 bits per heavy atom. The standard InChI is InChI=1S/C15H31NO2/c1-5-6-13-8-15(13)16-9-14(17)10-18-12(4)7-11(2)3/h11-17H,5-10H2,1-4H3. The quantitative estimate of drug-likeness (QED) is 0.632. The van der Waals surface area contributed by atoms with E-state index in [4.69, 9.17) is 4.74 Å². The highest BCUT2D eigenvalue weighted by atomic mass is 16.5. The Morgan fingerprint density at radius 2 is 2.06 bits per heavy atom. The third-order valence-electron chi connectivity index (χ3n) is 3.57. The zero-order chi connectivity index (χ0) is 13.5. The van der Waals surface area contributed by atoms with Gasteiger partial charge in [-0.15, -0.1) is 0 Å². The molecule has 3 heteroatoms. The van der Waals surface area contributed by atoms with Gasteiger partial charge in [-0.2, -0.15) is 0 Å². The Hall–Kier alpha value is -0.120. The largest absolute Gasteiger partial charge is 0.389 e. The minimum Gasteiger partial charge on any atom is -0.389 e. The first-order valence-corrected chi connectivity index (χ1v) is 7.56. The van der Waals surface area contributed by atoms with Gasteiger partial charge in [0.1, 0.15) is 0 Å². The van der Waals surface area contributed by atoms with Crippen molar-refractivity contribution in [3.63, 3.8) is 0 Å². The first-order chi connectivity index (χ1) is 8.52. The predicted molar refractivity (Wildman–Crippen MR) is 75.7 cm³/mol. The maximum atomic E-state index is 9.84. The van der Waals surface area contributed by atoms with Crippen LogP contribution < -0.4 is 5.32 Å². The normalized spacial score (nSPS) is 26.3. The molecule has 0 aromatic rings. The summed E-state index contributed by atoms with van der Waals surface area (Å²) in [5.41, 5.74) is 0. The molecule has 3 nitrogen and oxygen atoms in total. The lowest BCUT2D eigenvalue weighted by atomic mass is 10.1. The lowest BCUT2D eigenvalue weighted by Crippen LogP contribution is -2.33. The third kappa shape index (κ3) is 6.72. The molecule has 2 N–H and O–H groups in total. The molecule has 0 bridgehead atoms. The summed E-state index contributed by atoms with van der Waals surface area (Å²) in [7, 11) is 0. The fourth-order valence-electron chi connectivity index (χ4n) is 2.54. The van der Waals surface area contributed by atoms with Crippen molar-refractivity contribution < 1.29 is 9.84 Å². The molecule has 0 saturated heterocycles. The second-order valence-electron chi connectivity index (χ2n) is 6.23. The molecule has 1 aliphatic carbocycles. The Bertz CT molecular complexity index is 221. The van der Waals surface area contributed by atoms with Crippen LogP contribution in [-0.4, -0.2) is 36.5 Å². The van der Waals surface area contributed by atoms with Crippen molar-refractivity contribution in [2.24, 2.45) is 11.8 Å². The van der Waals surface area contributed by atoms with E-state index in [1.54, 1.807) is 0 Å². The van der Waals surface area contributed by atoms with Crippen LogP contribution in [0.1, 0.15) is 53.4 Å². The second-order valence-corrected chi connectivity index (χ2v) is 6.23. The average Bonchev–Trinajstić information content (AvgIpc) is 3.02. The predicted octanol–water partition coefficient (Wildman–Crippen LogP) is 2.58. The van der Waals surface area contributed by atoms with Crippen LogP contribution in [0.15, 0.2) is 0 Å². The van der Waals surface area contributed by atoms with E-state index in [1.807, 2.05) is 0 Å². The summed E-state index contributed by atoms with van der Waals surface area (Å²) in [6, 6.07) is 0.646. The van der Waals surface area contributed by atoms with E-state index in [9.17, 15) is 5.11 Å². The monoisotopic (exact) mass is 257 g/mol. The van der Waals surface area contributed by atoms with Crippen LogP contribution in [0.25, 0.3) is 0 Å². The van der Waals surface area contributed by atoms with Crippen LogP contribution in [0.5, 0.6) is 0 Å². The zero-order valence-electron chi connectivity index (χ0n) is 12.5. The van der Waals surface area contributed by atoms with E-state index in [1.165, 1.54) is 19.3 Å². The lowest BCUT2D eigenvalue weighted by molar-refractivity contribution is -0.00867. The molecule has 0 radical (unpaired) electrons. The molecule has 108 valence electrons. The van der Waals surface area contributed by atoms with Gasteiger partial charge in [0.2, 0.25) is 0 Å². The fourth-order valence-corrected chi connectivity index (χ4v) is 2.54. The van der Waals surface area contributed by atoms with E-state index in [0.29, 0.717) is 25.1 Å². The molecule has 1 fully saturated rings. The zero-order valence-corrected chi connectivity index (χ0v) is 12.5. The first-order valence-electron chi connectivity index (χ1n) is 7.56. The molecular formula is C15H31NO2. The van der Waals surface area contributed by atoms with Gasteiger partial charge in [-0.1, -0.05) is 27.2 Å². The average molecular weight is 257 g/mol. The Morgan fingerprint density at radius 3 is 2.67 bits per heavy atom. The minimum absolute atomic E-state index is 0.244. The van der Waals surface area contributed by atoms with Gasteiger partial charge < -0.3 is 15.2 Å². The Labute approximate surface area is 112 Å². The topological polar surface area (TPSA) is 41.5 Å². The molecule has 4 unspecified atom stereocenters.